The topological polar surface area (TPSA) is 104 Å². The van der Waals surface area contributed by atoms with E-state index in [4.69, 9.17) is 5.11 Å². The Labute approximate surface area is 119 Å². The van der Waals surface area contributed by atoms with Crippen LogP contribution in [0.3, 0.4) is 0 Å². The number of rotatable bonds is 6. The molecule has 8 heteroatoms. The number of nitrogens with one attached hydrogen (secondary N) is 1. The predicted molar refractivity (Wildman–Crippen MR) is 74.3 cm³/mol. The first kappa shape index (κ1) is 16.7. The number of carbonyl (C=O) groups excluding carboxylic acids is 1. The lowest BCUT2D eigenvalue weighted by molar-refractivity contribution is -0.139. The molecular weight excluding hydrogens is 284 g/mol. The number of aliphatic carboxylic acids is 1. The molecule has 2 unspecified atom stereocenters. The van der Waals surface area contributed by atoms with Crippen LogP contribution in [0.15, 0.2) is 0 Å². The van der Waals surface area contributed by atoms with Gasteiger partial charge in [0.25, 0.3) is 0 Å². The monoisotopic (exact) mass is 306 g/mol. The summed E-state index contributed by atoms with van der Waals surface area (Å²) in [5.74, 6) is -1.02. The number of likely N-dealkylation sites (tertiary alicyclic amines) is 1. The van der Waals surface area contributed by atoms with Crippen molar-refractivity contribution in [2.45, 2.75) is 32.2 Å². The highest BCUT2D eigenvalue weighted by Gasteiger charge is 2.28. The summed E-state index contributed by atoms with van der Waals surface area (Å²) in [6.07, 6.45) is 2.83. The number of hydrogen-bond donors (Lipinski definition) is 2. The van der Waals surface area contributed by atoms with Crippen LogP contribution >= 0.6 is 0 Å². The average Bonchev–Trinajstić information content (AvgIpc) is 2.81. The molecule has 2 amide bonds. The van der Waals surface area contributed by atoms with Crippen LogP contribution in [0.1, 0.15) is 26.2 Å². The average molecular weight is 306 g/mol. The number of amides is 2. The zero-order valence-corrected chi connectivity index (χ0v) is 12.6. The Kier molecular flexibility index (Phi) is 5.79. The molecule has 0 spiro atoms. The fourth-order valence-corrected chi connectivity index (χ4v) is 2.84. The second-order valence-electron chi connectivity index (χ2n) is 5.27. The van der Waals surface area contributed by atoms with Crippen molar-refractivity contribution >= 4 is 21.8 Å². The van der Waals surface area contributed by atoms with Crippen LogP contribution in [0, 0.1) is 5.92 Å². The van der Waals surface area contributed by atoms with Crippen molar-refractivity contribution < 1.29 is 23.1 Å². The van der Waals surface area contributed by atoms with Gasteiger partial charge in [-0.2, -0.15) is 0 Å². The Morgan fingerprint density at radius 2 is 2.10 bits per heavy atom. The molecule has 0 saturated carbocycles. The van der Waals surface area contributed by atoms with Gasteiger partial charge in [0.15, 0.2) is 0 Å². The minimum atomic E-state index is -3.25. The minimum absolute atomic E-state index is 0.120. The Balaban J connectivity index is 2.53. The fourth-order valence-electron chi connectivity index (χ4n) is 2.18. The normalized spacial score (nSPS) is 20.7. The highest BCUT2D eigenvalue weighted by molar-refractivity contribution is 7.90. The molecule has 0 aliphatic carbocycles. The second kappa shape index (κ2) is 6.92. The molecule has 2 N–H and O–H groups in total. The minimum Gasteiger partial charge on any atom is -0.480 e. The third kappa shape index (κ3) is 5.36. The van der Waals surface area contributed by atoms with Crippen molar-refractivity contribution in [3.63, 3.8) is 0 Å². The molecule has 1 heterocycles. The first-order valence-electron chi connectivity index (χ1n) is 6.69. The molecule has 0 radical (unpaired) electrons. The maximum atomic E-state index is 11.9. The van der Waals surface area contributed by atoms with E-state index in [-0.39, 0.29) is 12.2 Å². The molecule has 0 aromatic rings. The van der Waals surface area contributed by atoms with Gasteiger partial charge in [-0.25, -0.2) is 18.0 Å². The van der Waals surface area contributed by atoms with Crippen LogP contribution in [-0.2, 0) is 14.6 Å². The molecule has 1 fully saturated rings. The number of hydrogen-bond acceptors (Lipinski definition) is 4. The zero-order valence-electron chi connectivity index (χ0n) is 11.8. The molecule has 1 rings (SSSR count). The van der Waals surface area contributed by atoms with Crippen molar-refractivity contribution in [3.05, 3.63) is 0 Å². The van der Waals surface area contributed by atoms with E-state index < -0.39 is 27.9 Å². The number of nitrogens with zero attached hydrogens (tertiary/aromatic N) is 1. The van der Waals surface area contributed by atoms with Crippen LogP contribution in [0.4, 0.5) is 4.79 Å². The van der Waals surface area contributed by atoms with E-state index in [1.54, 1.807) is 4.90 Å². The van der Waals surface area contributed by atoms with Gasteiger partial charge in [0, 0.05) is 19.3 Å². The van der Waals surface area contributed by atoms with E-state index in [1.807, 2.05) is 0 Å². The lowest BCUT2D eigenvalue weighted by Gasteiger charge is -2.21. The smallest absolute Gasteiger partial charge is 0.326 e. The fraction of sp³-hybridized carbons (Fsp3) is 0.833. The number of carbonyl (C=O) groups is 2. The Morgan fingerprint density at radius 1 is 1.45 bits per heavy atom. The van der Waals surface area contributed by atoms with Gasteiger partial charge in [-0.1, -0.05) is 13.3 Å². The Bertz CT molecular complexity index is 462. The predicted octanol–water partition coefficient (Wildman–Crippen LogP) is 0.316. The van der Waals surface area contributed by atoms with Crippen molar-refractivity contribution in [1.29, 1.82) is 0 Å². The summed E-state index contributed by atoms with van der Waals surface area (Å²) in [7, 11) is -3.25. The van der Waals surface area contributed by atoms with Crippen LogP contribution in [0.2, 0.25) is 0 Å². The third-order valence-corrected chi connectivity index (χ3v) is 4.50. The van der Waals surface area contributed by atoms with Crippen molar-refractivity contribution in [2.24, 2.45) is 5.92 Å². The van der Waals surface area contributed by atoms with Gasteiger partial charge < -0.3 is 15.3 Å². The zero-order chi connectivity index (χ0) is 15.3. The summed E-state index contributed by atoms with van der Waals surface area (Å²) in [4.78, 5) is 24.6. The largest absolute Gasteiger partial charge is 0.480 e. The molecular formula is C12H22N2O5S. The first-order valence-corrected chi connectivity index (χ1v) is 8.75. The Morgan fingerprint density at radius 3 is 2.55 bits per heavy atom. The van der Waals surface area contributed by atoms with Crippen molar-refractivity contribution in [1.82, 2.24) is 10.2 Å². The van der Waals surface area contributed by atoms with E-state index >= 15 is 0 Å². The van der Waals surface area contributed by atoms with Crippen LogP contribution in [-0.4, -0.2) is 61.6 Å². The maximum absolute atomic E-state index is 11.9. The number of sulfone groups is 1. The van der Waals surface area contributed by atoms with Crippen molar-refractivity contribution in [2.75, 3.05) is 25.1 Å². The summed E-state index contributed by atoms with van der Waals surface area (Å²) in [5, 5.41) is 11.4. The summed E-state index contributed by atoms with van der Waals surface area (Å²) < 4.78 is 22.1. The van der Waals surface area contributed by atoms with Gasteiger partial charge >= 0.3 is 12.0 Å². The van der Waals surface area contributed by atoms with E-state index in [0.29, 0.717) is 19.0 Å². The van der Waals surface area contributed by atoms with Gasteiger partial charge in [-0.05, 0) is 18.8 Å². The number of carboxylic acids is 1. The molecule has 7 nitrogen and oxygen atoms in total. The summed E-state index contributed by atoms with van der Waals surface area (Å²) in [6.45, 7) is 3.29. The van der Waals surface area contributed by atoms with Gasteiger partial charge in [0.2, 0.25) is 0 Å². The maximum Gasteiger partial charge on any atom is 0.326 e. The standard InChI is InChI=1S/C12H22N2O5S/c1-3-9-4-6-14(8-9)12(17)13-10(11(15)16)5-7-20(2,18)19/h9-10H,3-8H2,1-2H3,(H,13,17)(H,15,16). The lowest BCUT2D eigenvalue weighted by Crippen LogP contribution is -2.47. The number of carboxylic acid groups (broad SMARTS) is 1. The van der Waals surface area contributed by atoms with E-state index in [1.165, 1.54) is 0 Å². The Hall–Kier alpha value is -1.31. The molecule has 1 aliphatic rings. The van der Waals surface area contributed by atoms with E-state index in [0.717, 1.165) is 19.1 Å². The highest BCUT2D eigenvalue weighted by atomic mass is 32.2. The van der Waals surface area contributed by atoms with Gasteiger partial charge in [0.1, 0.15) is 15.9 Å². The van der Waals surface area contributed by atoms with Gasteiger partial charge in [0.05, 0.1) is 5.75 Å². The molecule has 1 aliphatic heterocycles. The summed E-state index contributed by atoms with van der Waals surface area (Å²) >= 11 is 0. The summed E-state index contributed by atoms with van der Waals surface area (Å²) in [6, 6.07) is -1.60. The van der Waals surface area contributed by atoms with E-state index in [2.05, 4.69) is 12.2 Å². The van der Waals surface area contributed by atoms with Gasteiger partial charge in [-0.15, -0.1) is 0 Å². The van der Waals surface area contributed by atoms with Gasteiger partial charge in [-0.3, -0.25) is 0 Å². The lowest BCUT2D eigenvalue weighted by atomic mass is 10.1. The highest BCUT2D eigenvalue weighted by Crippen LogP contribution is 2.18. The second-order valence-corrected chi connectivity index (χ2v) is 7.53. The molecule has 1 saturated heterocycles. The molecule has 0 aromatic heterocycles. The van der Waals surface area contributed by atoms with E-state index in [9.17, 15) is 18.0 Å². The summed E-state index contributed by atoms with van der Waals surface area (Å²) in [5.41, 5.74) is 0. The van der Waals surface area contributed by atoms with Crippen molar-refractivity contribution in [3.8, 4) is 0 Å². The molecule has 2 atom stereocenters. The van der Waals surface area contributed by atoms with Crippen LogP contribution in [0.5, 0.6) is 0 Å². The van der Waals surface area contributed by atoms with Crippen LogP contribution in [0.25, 0.3) is 0 Å². The SMILES string of the molecule is CCC1CCN(C(=O)NC(CCS(C)(=O)=O)C(=O)O)C1. The quantitative estimate of drug-likeness (QED) is 0.735. The molecule has 0 aromatic carbocycles. The molecule has 20 heavy (non-hydrogen) atoms. The number of urea groups is 1. The molecule has 116 valence electrons. The van der Waals surface area contributed by atoms with Crippen LogP contribution < -0.4 is 5.32 Å². The first-order chi connectivity index (χ1) is 9.23. The molecule has 0 bridgehead atoms. The third-order valence-electron chi connectivity index (χ3n) is 3.52.